The summed E-state index contributed by atoms with van der Waals surface area (Å²) in [4.78, 5) is 12.7. The number of rotatable bonds is 6. The number of hydrogen-bond donors (Lipinski definition) is 2. The fraction of sp³-hybridized carbons (Fsp3) is 0.267. The lowest BCUT2D eigenvalue weighted by Crippen LogP contribution is -2.13. The van der Waals surface area contributed by atoms with Crippen LogP contribution in [0.25, 0.3) is 0 Å². The quantitative estimate of drug-likeness (QED) is 0.858. The van der Waals surface area contributed by atoms with E-state index in [1.807, 2.05) is 19.9 Å². The van der Waals surface area contributed by atoms with Crippen LogP contribution in [-0.4, -0.2) is 19.1 Å². The highest BCUT2D eigenvalue weighted by Gasteiger charge is 2.14. The molecule has 0 fully saturated rings. The monoisotopic (exact) mass is 306 g/mol. The van der Waals surface area contributed by atoms with Gasteiger partial charge in [-0.15, -0.1) is 11.3 Å². The smallest absolute Gasteiger partial charge is 0.267 e. The average molecular weight is 306 g/mol. The number of benzene rings is 1. The number of anilines is 2. The number of carbonyl (C=O) groups is 1. The Bertz CT molecular complexity index is 625. The maximum absolute atomic E-state index is 12.2. The summed E-state index contributed by atoms with van der Waals surface area (Å²) in [5, 5.41) is 4.61. The number of hydrogen-bond acceptors (Lipinski definition) is 5. The summed E-state index contributed by atoms with van der Waals surface area (Å²) in [6.45, 7) is 4.86. The molecule has 0 saturated heterocycles. The van der Waals surface area contributed by atoms with E-state index in [0.717, 1.165) is 0 Å². The minimum absolute atomic E-state index is 0.253. The SMILES string of the molecule is CCOc1ccc(OCC)c(NC(=O)c2sccc2N)c1. The second-order valence-electron chi connectivity index (χ2n) is 4.18. The third-order valence-corrected chi connectivity index (χ3v) is 3.64. The minimum atomic E-state index is -0.253. The van der Waals surface area contributed by atoms with Gasteiger partial charge in [-0.25, -0.2) is 0 Å². The van der Waals surface area contributed by atoms with Gasteiger partial charge in [-0.1, -0.05) is 0 Å². The Morgan fingerprint density at radius 1 is 1.24 bits per heavy atom. The molecule has 3 N–H and O–H groups in total. The van der Waals surface area contributed by atoms with Crippen molar-refractivity contribution in [1.82, 2.24) is 0 Å². The molecule has 6 heteroatoms. The maximum atomic E-state index is 12.2. The summed E-state index contributed by atoms with van der Waals surface area (Å²) < 4.78 is 11.0. The fourth-order valence-corrected chi connectivity index (χ4v) is 2.54. The molecule has 0 atom stereocenters. The lowest BCUT2D eigenvalue weighted by Gasteiger charge is -2.13. The van der Waals surface area contributed by atoms with Gasteiger partial charge in [-0.05, 0) is 37.4 Å². The van der Waals surface area contributed by atoms with Gasteiger partial charge < -0.3 is 20.5 Å². The number of amides is 1. The molecule has 2 rings (SSSR count). The Morgan fingerprint density at radius 2 is 2.00 bits per heavy atom. The van der Waals surface area contributed by atoms with E-state index in [1.165, 1.54) is 11.3 Å². The largest absolute Gasteiger partial charge is 0.494 e. The normalized spacial score (nSPS) is 10.2. The van der Waals surface area contributed by atoms with E-state index in [9.17, 15) is 4.79 Å². The van der Waals surface area contributed by atoms with Crippen LogP contribution < -0.4 is 20.5 Å². The molecule has 2 aromatic rings. The van der Waals surface area contributed by atoms with Gasteiger partial charge >= 0.3 is 0 Å². The lowest BCUT2D eigenvalue weighted by atomic mass is 10.2. The summed E-state index contributed by atoms with van der Waals surface area (Å²) in [6.07, 6.45) is 0. The Balaban J connectivity index is 2.25. The zero-order valence-electron chi connectivity index (χ0n) is 12.0. The fourth-order valence-electron chi connectivity index (χ4n) is 1.83. The molecular formula is C15H18N2O3S. The van der Waals surface area contributed by atoms with Crippen molar-refractivity contribution in [2.75, 3.05) is 24.3 Å². The zero-order chi connectivity index (χ0) is 15.2. The molecule has 0 spiro atoms. The first kappa shape index (κ1) is 15.2. The van der Waals surface area contributed by atoms with Crippen LogP contribution in [0.5, 0.6) is 11.5 Å². The van der Waals surface area contributed by atoms with Gasteiger partial charge in [0.15, 0.2) is 0 Å². The molecule has 1 aromatic heterocycles. The summed E-state index contributed by atoms with van der Waals surface area (Å²) >= 11 is 1.30. The molecule has 0 aliphatic carbocycles. The molecular weight excluding hydrogens is 288 g/mol. The topological polar surface area (TPSA) is 73.6 Å². The molecule has 0 radical (unpaired) electrons. The highest BCUT2D eigenvalue weighted by Crippen LogP contribution is 2.31. The number of nitrogen functional groups attached to an aromatic ring is 1. The van der Waals surface area contributed by atoms with Crippen molar-refractivity contribution in [2.24, 2.45) is 0 Å². The summed E-state index contributed by atoms with van der Waals surface area (Å²) in [7, 11) is 0. The van der Waals surface area contributed by atoms with Crippen LogP contribution in [0.4, 0.5) is 11.4 Å². The summed E-state index contributed by atoms with van der Waals surface area (Å²) in [5.41, 5.74) is 6.80. The van der Waals surface area contributed by atoms with Crippen LogP contribution in [0.2, 0.25) is 0 Å². The molecule has 0 saturated carbocycles. The Labute approximate surface area is 127 Å². The summed E-state index contributed by atoms with van der Waals surface area (Å²) in [5.74, 6) is 1.02. The average Bonchev–Trinajstić information content (AvgIpc) is 2.88. The number of carbonyl (C=O) groups excluding carboxylic acids is 1. The first-order valence-corrected chi connectivity index (χ1v) is 7.57. The molecule has 0 aliphatic heterocycles. The highest BCUT2D eigenvalue weighted by atomic mass is 32.1. The van der Waals surface area contributed by atoms with Crippen molar-refractivity contribution in [3.05, 3.63) is 34.5 Å². The Kier molecular flexibility index (Phi) is 5.05. The Morgan fingerprint density at radius 3 is 2.62 bits per heavy atom. The van der Waals surface area contributed by atoms with Gasteiger partial charge in [0.05, 0.1) is 24.6 Å². The van der Waals surface area contributed by atoms with E-state index in [4.69, 9.17) is 15.2 Å². The lowest BCUT2D eigenvalue weighted by molar-refractivity contribution is 0.103. The predicted molar refractivity (Wildman–Crippen MR) is 85.5 cm³/mol. The van der Waals surface area contributed by atoms with Crippen LogP contribution in [0.3, 0.4) is 0 Å². The maximum Gasteiger partial charge on any atom is 0.267 e. The molecule has 1 heterocycles. The second-order valence-corrected chi connectivity index (χ2v) is 5.10. The summed E-state index contributed by atoms with van der Waals surface area (Å²) in [6, 6.07) is 7.04. The van der Waals surface area contributed by atoms with Crippen molar-refractivity contribution < 1.29 is 14.3 Å². The van der Waals surface area contributed by atoms with Crippen LogP contribution in [0.1, 0.15) is 23.5 Å². The molecule has 0 unspecified atom stereocenters. The van der Waals surface area contributed by atoms with Crippen molar-refractivity contribution in [3.8, 4) is 11.5 Å². The van der Waals surface area contributed by atoms with E-state index in [2.05, 4.69) is 5.32 Å². The van der Waals surface area contributed by atoms with Crippen LogP contribution in [0.15, 0.2) is 29.6 Å². The van der Waals surface area contributed by atoms with Crippen molar-refractivity contribution in [3.63, 3.8) is 0 Å². The molecule has 5 nitrogen and oxygen atoms in total. The van der Waals surface area contributed by atoms with E-state index < -0.39 is 0 Å². The van der Waals surface area contributed by atoms with Gasteiger partial charge in [0.1, 0.15) is 16.4 Å². The zero-order valence-corrected chi connectivity index (χ0v) is 12.8. The van der Waals surface area contributed by atoms with Gasteiger partial charge in [-0.2, -0.15) is 0 Å². The first-order valence-electron chi connectivity index (χ1n) is 6.69. The molecule has 21 heavy (non-hydrogen) atoms. The third kappa shape index (κ3) is 3.66. The molecule has 0 aliphatic rings. The van der Waals surface area contributed by atoms with Crippen LogP contribution >= 0.6 is 11.3 Å². The number of nitrogens with one attached hydrogen (secondary N) is 1. The van der Waals surface area contributed by atoms with E-state index >= 15 is 0 Å². The van der Waals surface area contributed by atoms with Crippen LogP contribution in [0, 0.1) is 0 Å². The van der Waals surface area contributed by atoms with Gasteiger partial charge in [0.25, 0.3) is 5.91 Å². The van der Waals surface area contributed by atoms with E-state index in [1.54, 1.807) is 23.6 Å². The number of nitrogens with two attached hydrogens (primary N) is 1. The standard InChI is InChI=1S/C15H18N2O3S/c1-3-19-10-5-6-13(20-4-2)12(9-10)17-15(18)14-11(16)7-8-21-14/h5-9H,3-4,16H2,1-2H3,(H,17,18). The molecule has 1 aromatic carbocycles. The van der Waals surface area contributed by atoms with Gasteiger partial charge in [-0.3, -0.25) is 4.79 Å². The van der Waals surface area contributed by atoms with Crippen molar-refractivity contribution >= 4 is 28.6 Å². The first-order chi connectivity index (χ1) is 10.2. The minimum Gasteiger partial charge on any atom is -0.494 e. The third-order valence-electron chi connectivity index (χ3n) is 2.71. The molecule has 0 bridgehead atoms. The predicted octanol–water partition coefficient (Wildman–Crippen LogP) is 3.38. The van der Waals surface area contributed by atoms with Crippen LogP contribution in [-0.2, 0) is 0 Å². The van der Waals surface area contributed by atoms with Gasteiger partial charge in [0.2, 0.25) is 0 Å². The highest BCUT2D eigenvalue weighted by molar-refractivity contribution is 7.12. The van der Waals surface area contributed by atoms with Crippen molar-refractivity contribution in [2.45, 2.75) is 13.8 Å². The van der Waals surface area contributed by atoms with E-state index in [-0.39, 0.29) is 5.91 Å². The second kappa shape index (κ2) is 6.99. The van der Waals surface area contributed by atoms with Crippen molar-refractivity contribution in [1.29, 1.82) is 0 Å². The van der Waals surface area contributed by atoms with Gasteiger partial charge in [0, 0.05) is 6.07 Å². The number of ether oxygens (including phenoxy) is 2. The Hall–Kier alpha value is -2.21. The van der Waals surface area contributed by atoms with E-state index in [0.29, 0.717) is 41.0 Å². The molecule has 1 amide bonds. The molecule has 112 valence electrons. The number of thiophene rings is 1.